The first-order valence-corrected chi connectivity index (χ1v) is 10.1. The molecule has 2 bridgehead atoms. The molecule has 3 aromatic heterocycles. The molecule has 0 aliphatic carbocycles. The van der Waals surface area contributed by atoms with Crippen LogP contribution >= 0.6 is 0 Å². The van der Waals surface area contributed by atoms with Crippen molar-refractivity contribution in [1.82, 2.24) is 34.7 Å². The Kier molecular flexibility index (Phi) is 4.52. The topological polar surface area (TPSA) is 123 Å². The van der Waals surface area contributed by atoms with Crippen LogP contribution in [0.2, 0.25) is 0 Å². The Hall–Kier alpha value is -3.19. The molecule has 2 atom stereocenters. The summed E-state index contributed by atoms with van der Waals surface area (Å²) in [6, 6.07) is 5.63. The molecule has 5 heterocycles. The number of anilines is 3. The number of hydrogen-bond acceptors (Lipinski definition) is 8. The minimum absolute atomic E-state index is 0.335. The van der Waals surface area contributed by atoms with E-state index in [1.165, 1.54) is 12.8 Å². The quantitative estimate of drug-likeness (QED) is 0.583. The average Bonchev–Trinajstić information content (AvgIpc) is 3.39. The lowest BCUT2D eigenvalue weighted by molar-refractivity contribution is 0.136. The van der Waals surface area contributed by atoms with Gasteiger partial charge in [-0.2, -0.15) is 15.5 Å². The van der Waals surface area contributed by atoms with E-state index in [1.807, 2.05) is 19.2 Å². The SMILES string of the molecule is Cc1cc(Nc2cn3ncnc3c(NC3CC4CCC(C3)N4CCC#N)n2)n[nH]1. The summed E-state index contributed by atoms with van der Waals surface area (Å²) in [4.78, 5) is 11.7. The fraction of sp³-hybridized carbons (Fsp3) is 0.526. The Labute approximate surface area is 168 Å². The van der Waals surface area contributed by atoms with Gasteiger partial charge in [0.1, 0.15) is 6.33 Å². The van der Waals surface area contributed by atoms with E-state index < -0.39 is 0 Å². The summed E-state index contributed by atoms with van der Waals surface area (Å²) in [5.41, 5.74) is 1.69. The molecule has 0 aromatic carbocycles. The minimum Gasteiger partial charge on any atom is -0.364 e. The summed E-state index contributed by atoms with van der Waals surface area (Å²) in [6.07, 6.45) is 8.49. The number of aromatic amines is 1. The van der Waals surface area contributed by atoms with Crippen LogP contribution in [0.15, 0.2) is 18.6 Å². The predicted octanol–water partition coefficient (Wildman–Crippen LogP) is 2.22. The minimum atomic E-state index is 0.335. The summed E-state index contributed by atoms with van der Waals surface area (Å²) >= 11 is 0. The zero-order chi connectivity index (χ0) is 19.8. The third kappa shape index (κ3) is 3.49. The summed E-state index contributed by atoms with van der Waals surface area (Å²) in [5, 5.41) is 27.2. The molecule has 0 saturated carbocycles. The highest BCUT2D eigenvalue weighted by molar-refractivity contribution is 5.66. The maximum Gasteiger partial charge on any atom is 0.198 e. The van der Waals surface area contributed by atoms with Crippen molar-refractivity contribution in [2.45, 2.75) is 57.2 Å². The molecule has 3 aromatic rings. The number of nitrogens with zero attached hydrogens (tertiary/aromatic N) is 7. The summed E-state index contributed by atoms with van der Waals surface area (Å²) in [6.45, 7) is 2.84. The first-order chi connectivity index (χ1) is 14.2. The lowest BCUT2D eigenvalue weighted by Crippen LogP contribution is -2.47. The molecule has 10 nitrogen and oxygen atoms in total. The molecule has 2 saturated heterocycles. The maximum atomic E-state index is 8.93. The van der Waals surface area contributed by atoms with Gasteiger partial charge >= 0.3 is 0 Å². The molecule has 3 N–H and O–H groups in total. The third-order valence-corrected chi connectivity index (χ3v) is 5.93. The molecule has 0 amide bonds. The van der Waals surface area contributed by atoms with Gasteiger partial charge in [0.05, 0.1) is 12.3 Å². The number of H-pyrrole nitrogens is 1. The van der Waals surface area contributed by atoms with Crippen LogP contribution in [0, 0.1) is 18.3 Å². The van der Waals surface area contributed by atoms with Crippen LogP contribution in [0.3, 0.4) is 0 Å². The number of aromatic nitrogens is 6. The molecule has 10 heteroatoms. The van der Waals surface area contributed by atoms with E-state index in [4.69, 9.17) is 10.2 Å². The fourth-order valence-corrected chi connectivity index (χ4v) is 4.73. The third-order valence-electron chi connectivity index (χ3n) is 5.93. The highest BCUT2D eigenvalue weighted by Gasteiger charge is 2.40. The van der Waals surface area contributed by atoms with Crippen LogP contribution in [0.4, 0.5) is 17.5 Å². The Morgan fingerprint density at radius 1 is 1.28 bits per heavy atom. The Bertz CT molecular complexity index is 1030. The highest BCUT2D eigenvalue weighted by Crippen LogP contribution is 2.37. The van der Waals surface area contributed by atoms with E-state index >= 15 is 0 Å². The number of rotatable bonds is 6. The summed E-state index contributed by atoms with van der Waals surface area (Å²) in [7, 11) is 0. The molecule has 0 spiro atoms. The first kappa shape index (κ1) is 17.9. The van der Waals surface area contributed by atoms with Gasteiger partial charge in [0.2, 0.25) is 0 Å². The number of hydrogen-bond donors (Lipinski definition) is 3. The van der Waals surface area contributed by atoms with Crippen LogP contribution in [-0.4, -0.2) is 59.3 Å². The molecular weight excluding hydrogens is 368 g/mol. The Morgan fingerprint density at radius 2 is 2.10 bits per heavy atom. The van der Waals surface area contributed by atoms with Gasteiger partial charge < -0.3 is 10.6 Å². The van der Waals surface area contributed by atoms with Gasteiger partial charge in [-0.15, -0.1) is 0 Å². The number of nitrogens with one attached hydrogen (secondary N) is 3. The van der Waals surface area contributed by atoms with E-state index in [-0.39, 0.29) is 0 Å². The molecule has 2 unspecified atom stereocenters. The molecule has 29 heavy (non-hydrogen) atoms. The van der Waals surface area contributed by atoms with Crippen LogP contribution < -0.4 is 10.6 Å². The highest BCUT2D eigenvalue weighted by atomic mass is 15.3. The van der Waals surface area contributed by atoms with Crippen molar-refractivity contribution >= 4 is 23.1 Å². The fourth-order valence-electron chi connectivity index (χ4n) is 4.73. The lowest BCUT2D eigenvalue weighted by atomic mass is 9.97. The molecule has 2 fully saturated rings. The van der Waals surface area contributed by atoms with Gasteiger partial charge in [-0.25, -0.2) is 14.5 Å². The van der Waals surface area contributed by atoms with E-state index in [2.05, 4.69) is 41.9 Å². The second kappa shape index (κ2) is 7.33. The van der Waals surface area contributed by atoms with Crippen molar-refractivity contribution in [3.05, 3.63) is 24.3 Å². The van der Waals surface area contributed by atoms with Crippen molar-refractivity contribution in [2.24, 2.45) is 0 Å². The molecule has 150 valence electrons. The van der Waals surface area contributed by atoms with Gasteiger partial charge in [-0.05, 0) is 32.6 Å². The number of piperidine rings is 1. The zero-order valence-corrected chi connectivity index (χ0v) is 16.3. The number of nitriles is 1. The smallest absolute Gasteiger partial charge is 0.198 e. The second-order valence-corrected chi connectivity index (χ2v) is 7.91. The van der Waals surface area contributed by atoms with Crippen molar-refractivity contribution in [3.8, 4) is 6.07 Å². The van der Waals surface area contributed by atoms with E-state index in [0.29, 0.717) is 41.8 Å². The van der Waals surface area contributed by atoms with Crippen LogP contribution in [0.25, 0.3) is 5.65 Å². The Balaban J connectivity index is 1.35. The molecule has 2 aliphatic heterocycles. The molecule has 5 rings (SSSR count). The maximum absolute atomic E-state index is 8.93. The van der Waals surface area contributed by atoms with Crippen LogP contribution in [0.5, 0.6) is 0 Å². The summed E-state index contributed by atoms with van der Waals surface area (Å²) < 4.78 is 1.73. The van der Waals surface area contributed by atoms with Gasteiger partial charge in [-0.1, -0.05) is 0 Å². The van der Waals surface area contributed by atoms with E-state index in [9.17, 15) is 0 Å². The van der Waals surface area contributed by atoms with Gasteiger partial charge in [0.15, 0.2) is 23.1 Å². The largest absolute Gasteiger partial charge is 0.364 e. The normalized spacial score (nSPS) is 23.9. The van der Waals surface area contributed by atoms with Gasteiger partial charge in [0, 0.05) is 42.9 Å². The van der Waals surface area contributed by atoms with Crippen molar-refractivity contribution in [1.29, 1.82) is 5.26 Å². The zero-order valence-electron chi connectivity index (χ0n) is 16.3. The molecule has 2 aliphatic rings. The van der Waals surface area contributed by atoms with Crippen LogP contribution in [-0.2, 0) is 0 Å². The summed E-state index contributed by atoms with van der Waals surface area (Å²) in [5.74, 6) is 2.10. The predicted molar refractivity (Wildman–Crippen MR) is 108 cm³/mol. The van der Waals surface area contributed by atoms with E-state index in [0.717, 1.165) is 30.9 Å². The lowest BCUT2D eigenvalue weighted by Gasteiger charge is -2.39. The second-order valence-electron chi connectivity index (χ2n) is 7.91. The van der Waals surface area contributed by atoms with E-state index in [1.54, 1.807) is 10.8 Å². The number of fused-ring (bicyclic) bond motifs is 3. The monoisotopic (exact) mass is 392 g/mol. The number of aryl methyl sites for hydroxylation is 1. The molecule has 0 radical (unpaired) electrons. The standard InChI is InChI=1S/C19H24N10/c1-12-7-16(27-26-12)24-17-10-29-19(21-11-22-29)18(25-17)23-13-8-14-3-4-15(9-13)28(14)6-2-5-20/h7,10-11,13-15H,2-4,6,8-9H2,1H3,(H,23,25)(H2,24,26,27). The van der Waals surface area contributed by atoms with Crippen molar-refractivity contribution in [2.75, 3.05) is 17.2 Å². The first-order valence-electron chi connectivity index (χ1n) is 10.1. The average molecular weight is 392 g/mol. The van der Waals surface area contributed by atoms with Gasteiger partial charge in [-0.3, -0.25) is 10.00 Å². The molecular formula is C19H24N10. The van der Waals surface area contributed by atoms with Gasteiger partial charge in [0.25, 0.3) is 0 Å². The Morgan fingerprint density at radius 3 is 2.83 bits per heavy atom. The van der Waals surface area contributed by atoms with Crippen molar-refractivity contribution in [3.63, 3.8) is 0 Å². The van der Waals surface area contributed by atoms with Crippen molar-refractivity contribution < 1.29 is 0 Å². The van der Waals surface area contributed by atoms with Crippen LogP contribution in [0.1, 0.15) is 37.8 Å².